The minimum Gasteiger partial charge on any atom is -0.244 e. The lowest BCUT2D eigenvalue weighted by atomic mass is 8.35. The van der Waals surface area contributed by atoms with Crippen LogP contribution in [0.3, 0.4) is 0 Å². The molecule has 0 amide bonds. The summed E-state index contributed by atoms with van der Waals surface area (Å²) in [4.78, 5) is 7.89. The van der Waals surface area contributed by atoms with Gasteiger partial charge in [0.1, 0.15) is 11.4 Å². The Hall–Kier alpha value is 1.28. The highest BCUT2D eigenvalue weighted by Crippen LogP contribution is 2.16. The summed E-state index contributed by atoms with van der Waals surface area (Å²) in [6.07, 6.45) is -4.32. The molecule has 0 saturated carbocycles. The first-order valence-electron chi connectivity index (χ1n) is 10.4. The number of alkyl halides is 1. The van der Waals surface area contributed by atoms with Crippen molar-refractivity contribution in [1.82, 2.24) is 9.97 Å². The predicted molar refractivity (Wildman–Crippen MR) is 181 cm³/mol. The second kappa shape index (κ2) is 17.7. The lowest BCUT2D eigenvalue weighted by Gasteiger charge is -2.46. The summed E-state index contributed by atoms with van der Waals surface area (Å²) >= 11 is 7.20. The molecule has 1 aromatic rings. The van der Waals surface area contributed by atoms with Gasteiger partial charge in [0.25, 0.3) is 0 Å². The maximum Gasteiger partial charge on any atom is 0.116 e. The van der Waals surface area contributed by atoms with Crippen LogP contribution in [0.2, 0.25) is 0 Å². The van der Waals surface area contributed by atoms with Crippen molar-refractivity contribution >= 4 is 194 Å². The molecule has 1 heterocycles. The normalized spacial score (nSPS) is 9.47. The van der Waals surface area contributed by atoms with Gasteiger partial charge in [-0.05, 0) is 6.26 Å². The molecule has 1 rings (SSSR count). The number of thioether (sulfide) groups is 1. The number of hydrogen-bond acceptors (Lipinski definition) is 3. The van der Waals surface area contributed by atoms with E-state index in [1.807, 2.05) is 6.26 Å². The van der Waals surface area contributed by atoms with Gasteiger partial charge in [0, 0.05) is 183 Å². The lowest BCUT2D eigenvalue weighted by Crippen LogP contribution is -2.84. The highest BCUT2D eigenvalue weighted by molar-refractivity contribution is 8.23. The molecule has 126 valence electrons. The first-order chi connectivity index (χ1) is 15.7. The average Bonchev–Trinajstić information content (AvgIpc) is 2.72. The number of rotatable bonds is 12. The lowest BCUT2D eigenvalue weighted by molar-refractivity contribution is 0.995. The Balaban J connectivity index is 0.000000896. The third-order valence-electron chi connectivity index (χ3n) is 5.53. The fourth-order valence-corrected chi connectivity index (χ4v) is 4.77. The summed E-state index contributed by atoms with van der Waals surface area (Å²) in [6.45, 7) is 0. The first kappa shape index (κ1) is 35.3. The summed E-state index contributed by atoms with van der Waals surface area (Å²) in [5.41, 5.74) is 0.997. The van der Waals surface area contributed by atoms with Gasteiger partial charge in [-0.3, -0.25) is 0 Å². The molecule has 34 heavy (non-hydrogen) atoms. The molecule has 0 aromatic carbocycles. The molecular formula is C6H7B24ClN2S. The third-order valence-corrected chi connectivity index (χ3v) is 6.57. The quantitative estimate of drug-likeness (QED) is 0.142. The first-order valence-corrected chi connectivity index (χ1v) is 12.2. The van der Waals surface area contributed by atoms with Crippen molar-refractivity contribution in [3.63, 3.8) is 0 Å². The van der Waals surface area contributed by atoms with Gasteiger partial charge in [0.15, 0.2) is 0 Å². The van der Waals surface area contributed by atoms with Crippen LogP contribution in [0.1, 0.15) is 5.56 Å². The predicted octanol–water partition coefficient (Wildman–Crippen LogP) is -7.20. The number of nitrogens with zero attached hydrogens (tertiary/aromatic N) is 2. The fraction of sp³-hybridized carbons (Fsp3) is 0.333. The van der Waals surface area contributed by atoms with Gasteiger partial charge in [-0.1, -0.05) is 0 Å². The van der Waals surface area contributed by atoms with Crippen molar-refractivity contribution in [2.24, 2.45) is 0 Å². The summed E-state index contributed by atoms with van der Waals surface area (Å²) in [5, 5.41) is 0.963. The average molecular weight is 434 g/mol. The highest BCUT2D eigenvalue weighted by Gasteiger charge is 2.48. The zero-order valence-electron chi connectivity index (χ0n) is 19.4. The Morgan fingerprint density at radius 1 is 0.676 bits per heavy atom. The molecule has 0 N–H and O–H groups in total. The van der Waals surface area contributed by atoms with E-state index in [1.165, 1.54) is 6.33 Å². The molecule has 0 fully saturated rings. The minimum absolute atomic E-state index is 0.483. The Morgan fingerprint density at radius 2 is 1.09 bits per heavy atom. The standard InChI is InChI=1S/C6H7ClN2S.B24/c1-10-6-5(2-7)3-8-4-9-6;1-14(2)20(13)23(19(11)12)24(21(15(3)4)16(5)6)22(17(7)8)18(9)10/h3-4H,2H2,1H3;. The topological polar surface area (TPSA) is 25.8 Å². The molecule has 26 radical (unpaired) electrons. The van der Waals surface area contributed by atoms with Crippen molar-refractivity contribution in [2.75, 3.05) is 6.26 Å². The molecule has 0 aliphatic rings. The van der Waals surface area contributed by atoms with Gasteiger partial charge in [-0.25, -0.2) is 9.97 Å². The summed E-state index contributed by atoms with van der Waals surface area (Å²) < 4.78 is 0. The van der Waals surface area contributed by atoms with Crippen molar-refractivity contribution in [2.45, 2.75) is 10.9 Å². The van der Waals surface area contributed by atoms with Crippen molar-refractivity contribution in [3.8, 4) is 0 Å². The number of aromatic nitrogens is 2. The van der Waals surface area contributed by atoms with Crippen LogP contribution in [0.15, 0.2) is 17.6 Å². The van der Waals surface area contributed by atoms with E-state index in [4.69, 9.17) is 112 Å². The molecule has 0 atom stereocenters. The molecule has 0 aliphatic carbocycles. The van der Waals surface area contributed by atoms with Crippen molar-refractivity contribution in [1.29, 1.82) is 0 Å². The number of halogens is 1. The SMILES string of the molecule is CSc1ncncc1CCl.[B]B([B])B([B])B(B([B])[B])B(B(B([B])[B])B([B])[B])B(B([B])[B])B([B])[B]. The largest absolute Gasteiger partial charge is 0.244 e. The zero-order chi connectivity index (χ0) is 26.7. The Labute approximate surface area is 238 Å². The molecule has 0 saturated heterocycles. The van der Waals surface area contributed by atoms with Crippen molar-refractivity contribution < 1.29 is 0 Å². The molecule has 28 heteroatoms. The summed E-state index contributed by atoms with van der Waals surface area (Å²) in [5.74, 6) is 0.483. The van der Waals surface area contributed by atoms with E-state index >= 15 is 0 Å². The van der Waals surface area contributed by atoms with Gasteiger partial charge >= 0.3 is 0 Å². The van der Waals surface area contributed by atoms with Crippen LogP contribution in [-0.4, -0.2) is 187 Å². The van der Waals surface area contributed by atoms with E-state index in [9.17, 15) is 0 Å². The van der Waals surface area contributed by atoms with E-state index in [0.717, 1.165) is 10.6 Å². The minimum atomic E-state index is -0.973. The van der Waals surface area contributed by atoms with Gasteiger partial charge in [-0.15, -0.1) is 23.4 Å². The van der Waals surface area contributed by atoms with Crippen LogP contribution in [0, 0.1) is 0 Å². The summed E-state index contributed by atoms with van der Waals surface area (Å²) in [7, 11) is 76.2. The van der Waals surface area contributed by atoms with E-state index in [-0.39, 0.29) is 0 Å². The van der Waals surface area contributed by atoms with Gasteiger partial charge < -0.3 is 0 Å². The van der Waals surface area contributed by atoms with Crippen LogP contribution >= 0.6 is 23.4 Å². The van der Waals surface area contributed by atoms with Crippen LogP contribution in [0.25, 0.3) is 0 Å². The van der Waals surface area contributed by atoms with Crippen LogP contribution in [0.4, 0.5) is 0 Å². The van der Waals surface area contributed by atoms with E-state index in [0.29, 0.717) is 5.88 Å². The molecule has 0 unspecified atom stereocenters. The highest BCUT2D eigenvalue weighted by atomic mass is 35.5. The van der Waals surface area contributed by atoms with Crippen LogP contribution < -0.4 is 0 Å². The molecular weight excluding hydrogens is 427 g/mol. The van der Waals surface area contributed by atoms with Gasteiger partial charge in [-0.2, -0.15) is 0 Å². The molecule has 1 aromatic heterocycles. The monoisotopic (exact) mass is 438 g/mol. The van der Waals surface area contributed by atoms with Gasteiger partial charge in [0.2, 0.25) is 0 Å². The third kappa shape index (κ3) is 10.9. The van der Waals surface area contributed by atoms with Crippen LogP contribution in [0.5, 0.6) is 0 Å². The fourth-order valence-electron chi connectivity index (χ4n) is 3.96. The zero-order valence-corrected chi connectivity index (χ0v) is 21.0. The Bertz CT molecular complexity index is 620. The molecule has 0 spiro atoms. The second-order valence-corrected chi connectivity index (χ2v) is 9.10. The maximum atomic E-state index is 6.10. The number of hydrogen-bond donors (Lipinski definition) is 0. The molecule has 0 aliphatic heterocycles. The molecule has 0 bridgehead atoms. The van der Waals surface area contributed by atoms with Gasteiger partial charge in [0.05, 0.1) is 5.88 Å². The van der Waals surface area contributed by atoms with Crippen LogP contribution in [-0.2, 0) is 5.88 Å². The van der Waals surface area contributed by atoms with Crippen molar-refractivity contribution in [3.05, 3.63) is 18.1 Å². The molecule has 2 nitrogen and oxygen atoms in total. The van der Waals surface area contributed by atoms with E-state index < -0.39 is 70.2 Å². The van der Waals surface area contributed by atoms with E-state index in [1.54, 1.807) is 18.0 Å². The summed E-state index contributed by atoms with van der Waals surface area (Å²) in [6, 6.07) is 0. The Kier molecular flexibility index (Phi) is 18.4. The second-order valence-electron chi connectivity index (χ2n) is 8.04. The smallest absolute Gasteiger partial charge is 0.116 e. The Morgan fingerprint density at radius 3 is 1.35 bits per heavy atom. The van der Waals surface area contributed by atoms with E-state index in [2.05, 4.69) is 9.97 Å². The maximum absolute atomic E-state index is 6.10.